The number of hydrogen-bond acceptors (Lipinski definition) is 0. The highest BCUT2D eigenvalue weighted by molar-refractivity contribution is 4.65. The van der Waals surface area contributed by atoms with E-state index < -0.39 is 0 Å². The van der Waals surface area contributed by atoms with Gasteiger partial charge in [0.15, 0.2) is 0 Å². The van der Waals surface area contributed by atoms with Gasteiger partial charge in [-0.15, -0.1) is 0 Å². The highest BCUT2D eigenvalue weighted by atomic mass is 16.3. The molecule has 0 aromatic carbocycles. The van der Waals surface area contributed by atoms with Gasteiger partial charge in [0.2, 0.25) is 0 Å². The zero-order valence-electron chi connectivity index (χ0n) is 7.55. The second-order valence-electron chi connectivity index (χ2n) is 3.39. The molecule has 0 aliphatic carbocycles. The highest BCUT2D eigenvalue weighted by Gasteiger charge is 2.16. The fraction of sp³-hybridized carbons (Fsp3) is 1.00. The normalized spacial score (nSPS) is 20.1. The smallest absolute Gasteiger partial charge is 0.0850 e. The van der Waals surface area contributed by atoms with E-state index in [2.05, 4.69) is 20.8 Å². The van der Waals surface area contributed by atoms with Gasteiger partial charge in [-0.1, -0.05) is 34.1 Å². The van der Waals surface area contributed by atoms with E-state index >= 15 is 0 Å². The maximum atomic E-state index is 10.5. The lowest BCUT2D eigenvalue weighted by Crippen LogP contribution is -2.18. The molecule has 1 nitrogen and oxygen atoms in total. The third-order valence-corrected chi connectivity index (χ3v) is 2.70. The molecule has 3 unspecified atom stereocenters. The fourth-order valence-corrected chi connectivity index (χ4v) is 1.08. The minimum atomic E-state index is 0.0749. The Kier molecular flexibility index (Phi) is 4.71. The maximum absolute atomic E-state index is 10.5. The molecule has 0 rings (SSSR count). The summed E-state index contributed by atoms with van der Waals surface area (Å²) in [6, 6.07) is 0. The van der Waals surface area contributed by atoms with Gasteiger partial charge in [0.05, 0.1) is 6.61 Å². The first kappa shape index (κ1) is 9.96. The first-order valence-electron chi connectivity index (χ1n) is 4.21. The van der Waals surface area contributed by atoms with Gasteiger partial charge in [0.25, 0.3) is 0 Å². The zero-order valence-corrected chi connectivity index (χ0v) is 7.55. The summed E-state index contributed by atoms with van der Waals surface area (Å²) < 4.78 is 0. The highest BCUT2D eigenvalue weighted by Crippen LogP contribution is 2.22. The minimum Gasteiger partial charge on any atom is -0.236 e. The van der Waals surface area contributed by atoms with Crippen molar-refractivity contribution in [1.82, 2.24) is 0 Å². The molecular weight excluding hydrogens is 124 g/mol. The molecule has 0 saturated carbocycles. The summed E-state index contributed by atoms with van der Waals surface area (Å²) in [5, 5.41) is 10.5. The molecule has 0 aliphatic rings. The summed E-state index contributed by atoms with van der Waals surface area (Å²) in [6.07, 6.45) is 1.19. The van der Waals surface area contributed by atoms with Crippen LogP contribution in [0.1, 0.15) is 34.1 Å². The summed E-state index contributed by atoms with van der Waals surface area (Å²) in [6.45, 7) is 8.70. The van der Waals surface area contributed by atoms with Crippen molar-refractivity contribution in [3.05, 3.63) is 0 Å². The van der Waals surface area contributed by atoms with Crippen LogP contribution in [0.25, 0.3) is 0 Å². The standard InChI is InChI=1S/C9H19O/c1-5-7(2)9(4)8(3)6-10/h7-9H,5-6H2,1-4H3. The second-order valence-corrected chi connectivity index (χ2v) is 3.39. The van der Waals surface area contributed by atoms with E-state index in [1.807, 2.05) is 6.92 Å². The van der Waals surface area contributed by atoms with Gasteiger partial charge >= 0.3 is 0 Å². The van der Waals surface area contributed by atoms with Crippen LogP contribution in [-0.2, 0) is 5.11 Å². The second kappa shape index (κ2) is 4.73. The van der Waals surface area contributed by atoms with Crippen LogP contribution in [0.4, 0.5) is 0 Å². The molecule has 0 amide bonds. The van der Waals surface area contributed by atoms with Crippen molar-refractivity contribution in [1.29, 1.82) is 0 Å². The van der Waals surface area contributed by atoms with E-state index in [4.69, 9.17) is 0 Å². The number of rotatable bonds is 4. The number of hydrogen-bond donors (Lipinski definition) is 0. The summed E-state index contributed by atoms with van der Waals surface area (Å²) >= 11 is 0. The van der Waals surface area contributed by atoms with Gasteiger partial charge in [-0.2, -0.15) is 0 Å². The van der Waals surface area contributed by atoms with Gasteiger partial charge in [0.1, 0.15) is 0 Å². The minimum absolute atomic E-state index is 0.0749. The molecule has 10 heavy (non-hydrogen) atoms. The monoisotopic (exact) mass is 143 g/mol. The molecule has 61 valence electrons. The lowest BCUT2D eigenvalue weighted by Gasteiger charge is -2.22. The Morgan fingerprint density at radius 1 is 1.10 bits per heavy atom. The molecule has 0 saturated heterocycles. The third kappa shape index (κ3) is 2.70. The zero-order chi connectivity index (χ0) is 8.15. The van der Waals surface area contributed by atoms with Gasteiger partial charge in [-0.25, -0.2) is 5.11 Å². The molecule has 0 spiro atoms. The average molecular weight is 143 g/mol. The van der Waals surface area contributed by atoms with E-state index in [0.717, 1.165) is 0 Å². The largest absolute Gasteiger partial charge is 0.236 e. The molecule has 3 atom stereocenters. The Morgan fingerprint density at radius 2 is 1.60 bits per heavy atom. The molecule has 0 aliphatic heterocycles. The van der Waals surface area contributed by atoms with Crippen molar-refractivity contribution in [3.8, 4) is 0 Å². The Bertz CT molecular complexity index is 70.8. The van der Waals surface area contributed by atoms with Crippen molar-refractivity contribution in [2.75, 3.05) is 6.61 Å². The van der Waals surface area contributed by atoms with E-state index in [9.17, 15) is 5.11 Å². The first-order chi connectivity index (χ1) is 4.63. The predicted molar refractivity (Wildman–Crippen MR) is 43.3 cm³/mol. The van der Waals surface area contributed by atoms with Crippen LogP contribution in [-0.4, -0.2) is 6.61 Å². The van der Waals surface area contributed by atoms with Gasteiger partial charge in [-0.05, 0) is 17.8 Å². The van der Waals surface area contributed by atoms with Gasteiger partial charge in [0, 0.05) is 0 Å². The van der Waals surface area contributed by atoms with E-state index in [1.165, 1.54) is 6.42 Å². The molecule has 0 aromatic heterocycles. The van der Waals surface area contributed by atoms with Crippen molar-refractivity contribution in [2.24, 2.45) is 17.8 Å². The summed E-state index contributed by atoms with van der Waals surface area (Å²) in [4.78, 5) is 0. The van der Waals surface area contributed by atoms with Crippen molar-refractivity contribution >= 4 is 0 Å². The molecule has 0 heterocycles. The van der Waals surface area contributed by atoms with Crippen molar-refractivity contribution < 1.29 is 5.11 Å². The fourth-order valence-electron chi connectivity index (χ4n) is 1.08. The van der Waals surface area contributed by atoms with Crippen LogP contribution in [0.15, 0.2) is 0 Å². The Balaban J connectivity index is 3.69. The topological polar surface area (TPSA) is 19.9 Å². The van der Waals surface area contributed by atoms with Crippen LogP contribution in [0.5, 0.6) is 0 Å². The first-order valence-corrected chi connectivity index (χ1v) is 4.21. The van der Waals surface area contributed by atoms with Crippen molar-refractivity contribution in [3.63, 3.8) is 0 Å². The quantitative estimate of drug-likeness (QED) is 0.576. The molecular formula is C9H19O. The molecule has 0 N–H and O–H groups in total. The summed E-state index contributed by atoms with van der Waals surface area (Å²) in [5.41, 5.74) is 0. The average Bonchev–Trinajstić information content (AvgIpc) is 2.00. The lowest BCUT2D eigenvalue weighted by molar-refractivity contribution is 0.106. The van der Waals surface area contributed by atoms with E-state index in [0.29, 0.717) is 17.8 Å². The Morgan fingerprint density at radius 3 is 1.90 bits per heavy atom. The van der Waals surface area contributed by atoms with Crippen LogP contribution in [0.2, 0.25) is 0 Å². The van der Waals surface area contributed by atoms with Crippen LogP contribution < -0.4 is 0 Å². The van der Waals surface area contributed by atoms with E-state index in [-0.39, 0.29) is 6.61 Å². The summed E-state index contributed by atoms with van der Waals surface area (Å²) in [7, 11) is 0. The third-order valence-electron chi connectivity index (χ3n) is 2.70. The Labute approximate surface area is 64.5 Å². The SMILES string of the molecule is CCC(C)C(C)C(C)C[O]. The molecule has 1 heteroatoms. The summed E-state index contributed by atoms with van der Waals surface area (Å²) in [5.74, 6) is 1.63. The lowest BCUT2D eigenvalue weighted by atomic mass is 9.84. The molecule has 0 aromatic rings. The van der Waals surface area contributed by atoms with Gasteiger partial charge < -0.3 is 0 Å². The molecule has 0 bridgehead atoms. The predicted octanol–water partition coefficient (Wildman–Crippen LogP) is 2.74. The van der Waals surface area contributed by atoms with Crippen LogP contribution >= 0.6 is 0 Å². The van der Waals surface area contributed by atoms with Crippen molar-refractivity contribution in [2.45, 2.75) is 34.1 Å². The van der Waals surface area contributed by atoms with Gasteiger partial charge in [-0.3, -0.25) is 0 Å². The molecule has 0 fully saturated rings. The maximum Gasteiger partial charge on any atom is 0.0850 e. The van der Waals surface area contributed by atoms with Crippen LogP contribution in [0, 0.1) is 17.8 Å². The Hall–Kier alpha value is -0.0400. The van der Waals surface area contributed by atoms with E-state index in [1.54, 1.807) is 0 Å². The molecule has 1 radical (unpaired) electrons. The van der Waals surface area contributed by atoms with Crippen LogP contribution in [0.3, 0.4) is 0 Å².